The Labute approximate surface area is 101 Å². The maximum absolute atomic E-state index is 11.6. The zero-order valence-corrected chi connectivity index (χ0v) is 10.1. The van der Waals surface area contributed by atoms with Crippen LogP contribution in [-0.4, -0.2) is 46.7 Å². The van der Waals surface area contributed by atoms with E-state index in [-0.39, 0.29) is 12.1 Å². The maximum Gasteiger partial charge on any atom is 0.329 e. The molecule has 0 aromatic carbocycles. The fraction of sp³-hybridized carbons (Fsp3) is 0.833. The van der Waals surface area contributed by atoms with Gasteiger partial charge in [0.1, 0.15) is 5.54 Å². The molecule has 0 aromatic rings. The number of hydrogen-bond donors (Lipinski definition) is 1. The molecule has 17 heavy (non-hydrogen) atoms. The molecule has 2 unspecified atom stereocenters. The number of nitrogens with zero attached hydrogens (tertiary/aromatic N) is 1. The van der Waals surface area contributed by atoms with E-state index in [2.05, 4.69) is 0 Å². The smallest absolute Gasteiger partial charge is 0.329 e. The summed E-state index contributed by atoms with van der Waals surface area (Å²) in [6.45, 7) is 2.40. The summed E-state index contributed by atoms with van der Waals surface area (Å²) in [5.74, 6) is -0.891. The number of carbonyl (C=O) groups is 2. The van der Waals surface area contributed by atoms with Crippen molar-refractivity contribution in [1.29, 1.82) is 0 Å². The molecule has 5 nitrogen and oxygen atoms in total. The van der Waals surface area contributed by atoms with Crippen LogP contribution >= 0.6 is 0 Å². The topological polar surface area (TPSA) is 66.8 Å². The van der Waals surface area contributed by atoms with Gasteiger partial charge in [-0.1, -0.05) is 6.92 Å². The van der Waals surface area contributed by atoms with Crippen LogP contribution in [-0.2, 0) is 14.3 Å². The summed E-state index contributed by atoms with van der Waals surface area (Å²) in [5.41, 5.74) is -1.04. The van der Waals surface area contributed by atoms with Gasteiger partial charge in [-0.15, -0.1) is 0 Å². The Kier molecular flexibility index (Phi) is 3.38. The number of ether oxygens (including phenoxy) is 1. The van der Waals surface area contributed by atoms with Crippen molar-refractivity contribution in [2.24, 2.45) is 0 Å². The van der Waals surface area contributed by atoms with Gasteiger partial charge in [0.25, 0.3) is 0 Å². The first-order valence-electron chi connectivity index (χ1n) is 6.23. The first kappa shape index (κ1) is 12.4. The molecular formula is C12H19NO4. The Bertz CT molecular complexity index is 316. The third kappa shape index (κ3) is 2.16. The monoisotopic (exact) mass is 241 g/mol. The van der Waals surface area contributed by atoms with Gasteiger partial charge in [-0.05, 0) is 19.3 Å². The molecule has 1 saturated carbocycles. The van der Waals surface area contributed by atoms with Gasteiger partial charge in [-0.2, -0.15) is 0 Å². The second-order valence-corrected chi connectivity index (χ2v) is 4.94. The van der Waals surface area contributed by atoms with Crippen LogP contribution in [0.15, 0.2) is 0 Å². The van der Waals surface area contributed by atoms with E-state index in [1.807, 2.05) is 6.92 Å². The summed E-state index contributed by atoms with van der Waals surface area (Å²) in [4.78, 5) is 24.4. The molecule has 96 valence electrons. The van der Waals surface area contributed by atoms with E-state index >= 15 is 0 Å². The van der Waals surface area contributed by atoms with Gasteiger partial charge < -0.3 is 14.7 Å². The Morgan fingerprint density at radius 1 is 1.59 bits per heavy atom. The van der Waals surface area contributed by atoms with E-state index in [9.17, 15) is 14.7 Å². The van der Waals surface area contributed by atoms with Gasteiger partial charge in [-0.25, -0.2) is 4.79 Å². The van der Waals surface area contributed by atoms with E-state index in [0.717, 1.165) is 19.3 Å². The van der Waals surface area contributed by atoms with Crippen molar-refractivity contribution in [3.63, 3.8) is 0 Å². The highest BCUT2D eigenvalue weighted by atomic mass is 16.5. The number of hydrogen-bond acceptors (Lipinski definition) is 3. The summed E-state index contributed by atoms with van der Waals surface area (Å²) in [7, 11) is 0. The van der Waals surface area contributed by atoms with Crippen molar-refractivity contribution in [3.8, 4) is 0 Å². The SMILES string of the molecule is CCC1CC(C(=O)O)(N(C=O)C2CC2)CCO1. The highest BCUT2D eigenvalue weighted by molar-refractivity contribution is 5.82. The fourth-order valence-electron chi connectivity index (χ4n) is 2.62. The number of carboxylic acids is 1. The number of carbonyl (C=O) groups excluding carboxylic acids is 1. The molecule has 1 amide bonds. The van der Waals surface area contributed by atoms with E-state index in [4.69, 9.17) is 4.74 Å². The summed E-state index contributed by atoms with van der Waals surface area (Å²) in [5, 5.41) is 9.52. The van der Waals surface area contributed by atoms with E-state index in [0.29, 0.717) is 25.9 Å². The lowest BCUT2D eigenvalue weighted by Crippen LogP contribution is -2.59. The van der Waals surface area contributed by atoms with Crippen LogP contribution in [0.2, 0.25) is 0 Å². The fourth-order valence-corrected chi connectivity index (χ4v) is 2.62. The van der Waals surface area contributed by atoms with E-state index in [1.54, 1.807) is 0 Å². The molecule has 1 N–H and O–H groups in total. The number of aliphatic carboxylic acids is 1. The van der Waals surface area contributed by atoms with Crippen LogP contribution in [0.25, 0.3) is 0 Å². The molecular weight excluding hydrogens is 222 g/mol. The van der Waals surface area contributed by atoms with Crippen molar-refractivity contribution in [2.75, 3.05) is 6.61 Å². The molecule has 1 heterocycles. The van der Waals surface area contributed by atoms with Crippen LogP contribution in [0.1, 0.15) is 39.0 Å². The molecule has 2 rings (SSSR count). The molecule has 0 spiro atoms. The highest BCUT2D eigenvalue weighted by Gasteiger charge is 2.51. The van der Waals surface area contributed by atoms with Gasteiger partial charge in [0.05, 0.1) is 6.10 Å². The minimum Gasteiger partial charge on any atom is -0.479 e. The predicted molar refractivity (Wildman–Crippen MR) is 60.6 cm³/mol. The first-order chi connectivity index (χ1) is 8.14. The number of amides is 1. The predicted octanol–water partition coefficient (Wildman–Crippen LogP) is 1.02. The molecule has 1 aliphatic heterocycles. The molecule has 1 aliphatic carbocycles. The second kappa shape index (κ2) is 4.64. The van der Waals surface area contributed by atoms with Crippen LogP contribution in [0.3, 0.4) is 0 Å². The Morgan fingerprint density at radius 2 is 2.29 bits per heavy atom. The zero-order valence-electron chi connectivity index (χ0n) is 10.1. The molecule has 1 saturated heterocycles. The normalized spacial score (nSPS) is 33.1. The van der Waals surface area contributed by atoms with E-state index < -0.39 is 11.5 Å². The van der Waals surface area contributed by atoms with Crippen LogP contribution in [0, 0.1) is 0 Å². The molecule has 0 radical (unpaired) electrons. The quantitative estimate of drug-likeness (QED) is 0.730. The van der Waals surface area contributed by atoms with Crippen LogP contribution in [0.4, 0.5) is 0 Å². The minimum atomic E-state index is -1.04. The molecule has 0 bridgehead atoms. The standard InChI is InChI=1S/C12H19NO4/c1-2-10-7-12(11(15)16,5-6-17-10)13(8-14)9-3-4-9/h8-10H,2-7H2,1H3,(H,15,16). The number of carboxylic acid groups (broad SMARTS) is 1. The number of rotatable bonds is 5. The van der Waals surface area contributed by atoms with Gasteiger partial charge in [0.2, 0.25) is 6.41 Å². The Balaban J connectivity index is 2.23. The first-order valence-corrected chi connectivity index (χ1v) is 6.23. The van der Waals surface area contributed by atoms with Gasteiger partial charge in [0.15, 0.2) is 0 Å². The minimum absolute atomic E-state index is 0.0546. The molecule has 0 aromatic heterocycles. The van der Waals surface area contributed by atoms with Crippen molar-refractivity contribution >= 4 is 12.4 Å². The van der Waals surface area contributed by atoms with Crippen molar-refractivity contribution in [3.05, 3.63) is 0 Å². The third-order valence-electron chi connectivity index (χ3n) is 3.84. The lowest BCUT2D eigenvalue weighted by molar-refractivity contribution is -0.167. The highest BCUT2D eigenvalue weighted by Crippen LogP contribution is 2.39. The van der Waals surface area contributed by atoms with Crippen molar-refractivity contribution in [2.45, 2.75) is 56.7 Å². The Hall–Kier alpha value is -1.10. The van der Waals surface area contributed by atoms with E-state index in [1.165, 1.54) is 4.90 Å². The largest absolute Gasteiger partial charge is 0.479 e. The van der Waals surface area contributed by atoms with Crippen molar-refractivity contribution < 1.29 is 19.4 Å². The van der Waals surface area contributed by atoms with Gasteiger partial charge in [0, 0.05) is 25.5 Å². The van der Waals surface area contributed by atoms with Crippen molar-refractivity contribution in [1.82, 2.24) is 4.90 Å². The zero-order chi connectivity index (χ0) is 12.5. The maximum atomic E-state index is 11.6. The molecule has 2 aliphatic rings. The Morgan fingerprint density at radius 3 is 2.76 bits per heavy atom. The van der Waals surface area contributed by atoms with Crippen LogP contribution in [0.5, 0.6) is 0 Å². The average Bonchev–Trinajstić information content (AvgIpc) is 3.14. The summed E-state index contributed by atoms with van der Waals surface area (Å²) >= 11 is 0. The average molecular weight is 241 g/mol. The summed E-state index contributed by atoms with van der Waals surface area (Å²) in [6.07, 6.45) is 4.09. The van der Waals surface area contributed by atoms with Gasteiger partial charge in [-0.3, -0.25) is 4.79 Å². The molecule has 5 heteroatoms. The third-order valence-corrected chi connectivity index (χ3v) is 3.84. The molecule has 2 fully saturated rings. The second-order valence-electron chi connectivity index (χ2n) is 4.94. The van der Waals surface area contributed by atoms with Crippen LogP contribution < -0.4 is 0 Å². The lowest BCUT2D eigenvalue weighted by Gasteiger charge is -2.43. The lowest BCUT2D eigenvalue weighted by atomic mass is 9.84. The summed E-state index contributed by atoms with van der Waals surface area (Å²) in [6, 6.07) is 0.124. The van der Waals surface area contributed by atoms with Gasteiger partial charge >= 0.3 is 5.97 Å². The summed E-state index contributed by atoms with van der Waals surface area (Å²) < 4.78 is 5.52. The molecule has 2 atom stereocenters.